The Morgan fingerprint density at radius 2 is 2.25 bits per heavy atom. The zero-order chi connectivity index (χ0) is 8.97. The van der Waals surface area contributed by atoms with Crippen LogP contribution in [0, 0.1) is 0 Å². The summed E-state index contributed by atoms with van der Waals surface area (Å²) in [6, 6.07) is 3.18. The molecule has 0 bridgehead atoms. The Labute approximate surface area is 71.1 Å². The van der Waals surface area contributed by atoms with Crippen molar-refractivity contribution < 1.29 is 5.11 Å². The topological polar surface area (TPSA) is 53.1 Å². The summed E-state index contributed by atoms with van der Waals surface area (Å²) in [4.78, 5) is 13.5. The van der Waals surface area contributed by atoms with Crippen molar-refractivity contribution in [3.8, 4) is 5.75 Å². The number of H-pyrrole nitrogens is 1. The Kier molecular flexibility index (Phi) is 2.91. The van der Waals surface area contributed by atoms with Gasteiger partial charge in [0.2, 0.25) is 0 Å². The zero-order valence-corrected chi connectivity index (χ0v) is 7.13. The summed E-state index contributed by atoms with van der Waals surface area (Å²) in [6.45, 7) is 2.10. The summed E-state index contributed by atoms with van der Waals surface area (Å²) in [5.41, 5.74) is 0.489. The lowest BCUT2D eigenvalue weighted by atomic mass is 10.2. The lowest BCUT2D eigenvalue weighted by Crippen LogP contribution is -2.07. The molecule has 0 aliphatic carbocycles. The molecule has 0 unspecified atom stereocenters. The summed E-state index contributed by atoms with van der Waals surface area (Å²) < 4.78 is 0. The highest BCUT2D eigenvalue weighted by Gasteiger charge is 1.97. The maximum absolute atomic E-state index is 10.9. The number of hydrogen-bond acceptors (Lipinski definition) is 2. The van der Waals surface area contributed by atoms with E-state index in [1.807, 2.05) is 0 Å². The Morgan fingerprint density at radius 3 is 2.83 bits per heavy atom. The molecule has 0 amide bonds. The molecule has 1 heterocycles. The van der Waals surface area contributed by atoms with Gasteiger partial charge in [0, 0.05) is 5.69 Å². The highest BCUT2D eigenvalue weighted by Crippen LogP contribution is 2.03. The van der Waals surface area contributed by atoms with Crippen LogP contribution in [0.2, 0.25) is 0 Å². The Morgan fingerprint density at radius 1 is 1.50 bits per heavy atom. The maximum atomic E-state index is 10.9. The fraction of sp³-hybridized carbons (Fsp3) is 0.444. The molecule has 0 aromatic carbocycles. The van der Waals surface area contributed by atoms with Gasteiger partial charge in [0.25, 0.3) is 5.56 Å². The van der Waals surface area contributed by atoms with Crippen molar-refractivity contribution in [2.45, 2.75) is 26.2 Å². The van der Waals surface area contributed by atoms with Crippen LogP contribution < -0.4 is 5.56 Å². The molecule has 1 aromatic rings. The minimum atomic E-state index is -0.399. The minimum Gasteiger partial charge on any atom is -0.503 e. The molecule has 0 radical (unpaired) electrons. The van der Waals surface area contributed by atoms with Gasteiger partial charge in [0.15, 0.2) is 5.75 Å². The maximum Gasteiger partial charge on any atom is 0.290 e. The second-order valence-corrected chi connectivity index (χ2v) is 2.80. The number of aromatic nitrogens is 1. The van der Waals surface area contributed by atoms with Gasteiger partial charge in [-0.2, -0.15) is 0 Å². The highest BCUT2D eigenvalue weighted by atomic mass is 16.3. The number of aromatic amines is 1. The number of aryl methyl sites for hydroxylation is 1. The van der Waals surface area contributed by atoms with Crippen LogP contribution >= 0.6 is 0 Å². The summed E-state index contributed by atoms with van der Waals surface area (Å²) in [5, 5.41) is 8.93. The van der Waals surface area contributed by atoms with E-state index in [1.165, 1.54) is 6.07 Å². The molecule has 1 rings (SSSR count). The van der Waals surface area contributed by atoms with Crippen LogP contribution in [0.3, 0.4) is 0 Å². The predicted molar refractivity (Wildman–Crippen MR) is 47.3 cm³/mol. The smallest absolute Gasteiger partial charge is 0.290 e. The predicted octanol–water partition coefficient (Wildman–Crippen LogP) is 1.42. The van der Waals surface area contributed by atoms with Crippen molar-refractivity contribution in [3.63, 3.8) is 0 Å². The van der Waals surface area contributed by atoms with Gasteiger partial charge in [-0.05, 0) is 25.0 Å². The Bertz CT molecular complexity index is 304. The molecule has 0 saturated heterocycles. The van der Waals surface area contributed by atoms with Gasteiger partial charge < -0.3 is 10.1 Å². The number of pyridine rings is 1. The average Bonchev–Trinajstić information content (AvgIpc) is 2.07. The fourth-order valence-electron chi connectivity index (χ4n) is 1.02. The van der Waals surface area contributed by atoms with E-state index in [9.17, 15) is 4.79 Å². The van der Waals surface area contributed by atoms with E-state index in [-0.39, 0.29) is 5.75 Å². The van der Waals surface area contributed by atoms with Crippen molar-refractivity contribution >= 4 is 0 Å². The SMILES string of the molecule is CCCCc1ccc(O)c(=O)[nH]1. The lowest BCUT2D eigenvalue weighted by molar-refractivity contribution is 0.465. The Hall–Kier alpha value is -1.25. The molecule has 0 aliphatic rings. The molecule has 2 N–H and O–H groups in total. The van der Waals surface area contributed by atoms with Crippen LogP contribution in [-0.4, -0.2) is 10.1 Å². The second-order valence-electron chi connectivity index (χ2n) is 2.80. The Balaban J connectivity index is 2.76. The van der Waals surface area contributed by atoms with E-state index in [1.54, 1.807) is 6.07 Å². The summed E-state index contributed by atoms with van der Waals surface area (Å²) in [7, 11) is 0. The monoisotopic (exact) mass is 167 g/mol. The molecule has 0 aliphatic heterocycles. The van der Waals surface area contributed by atoms with E-state index in [0.29, 0.717) is 0 Å². The van der Waals surface area contributed by atoms with Gasteiger partial charge in [-0.15, -0.1) is 0 Å². The third-order valence-corrected chi connectivity index (χ3v) is 1.75. The van der Waals surface area contributed by atoms with Crippen LogP contribution in [0.5, 0.6) is 5.75 Å². The quantitative estimate of drug-likeness (QED) is 0.715. The molecule has 0 atom stereocenters. The first-order chi connectivity index (χ1) is 5.74. The van der Waals surface area contributed by atoms with Crippen molar-refractivity contribution in [1.82, 2.24) is 4.98 Å². The first kappa shape index (κ1) is 8.84. The van der Waals surface area contributed by atoms with Gasteiger partial charge in [0.05, 0.1) is 0 Å². The standard InChI is InChI=1S/C9H13NO2/c1-2-3-4-7-5-6-8(11)9(12)10-7/h5-6,11H,2-4H2,1H3,(H,10,12). The van der Waals surface area contributed by atoms with Crippen molar-refractivity contribution in [2.24, 2.45) is 0 Å². The van der Waals surface area contributed by atoms with Crippen LogP contribution in [0.1, 0.15) is 25.5 Å². The van der Waals surface area contributed by atoms with Gasteiger partial charge in [0.1, 0.15) is 0 Å². The van der Waals surface area contributed by atoms with Crippen LogP contribution in [0.4, 0.5) is 0 Å². The number of unbranched alkanes of at least 4 members (excludes halogenated alkanes) is 1. The zero-order valence-electron chi connectivity index (χ0n) is 7.13. The molecule has 3 nitrogen and oxygen atoms in total. The number of aromatic hydroxyl groups is 1. The first-order valence-corrected chi connectivity index (χ1v) is 4.15. The van der Waals surface area contributed by atoms with Crippen molar-refractivity contribution in [1.29, 1.82) is 0 Å². The van der Waals surface area contributed by atoms with E-state index in [0.717, 1.165) is 25.0 Å². The number of hydrogen-bond donors (Lipinski definition) is 2. The molecule has 0 spiro atoms. The minimum absolute atomic E-state index is 0.213. The van der Waals surface area contributed by atoms with E-state index < -0.39 is 5.56 Å². The number of nitrogens with one attached hydrogen (secondary N) is 1. The van der Waals surface area contributed by atoms with Crippen LogP contribution in [0.25, 0.3) is 0 Å². The van der Waals surface area contributed by atoms with Gasteiger partial charge in [-0.3, -0.25) is 4.79 Å². The summed E-state index contributed by atoms with van der Waals surface area (Å²) >= 11 is 0. The van der Waals surface area contributed by atoms with E-state index in [4.69, 9.17) is 5.11 Å². The molecular weight excluding hydrogens is 154 g/mol. The molecule has 0 fully saturated rings. The largest absolute Gasteiger partial charge is 0.503 e. The molecule has 0 saturated carbocycles. The normalized spacial score (nSPS) is 10.1. The van der Waals surface area contributed by atoms with Gasteiger partial charge in [-0.25, -0.2) is 0 Å². The highest BCUT2D eigenvalue weighted by molar-refractivity contribution is 5.18. The number of rotatable bonds is 3. The fourth-order valence-corrected chi connectivity index (χ4v) is 1.02. The average molecular weight is 167 g/mol. The van der Waals surface area contributed by atoms with Crippen molar-refractivity contribution in [3.05, 3.63) is 28.2 Å². The molecule has 66 valence electrons. The van der Waals surface area contributed by atoms with E-state index >= 15 is 0 Å². The van der Waals surface area contributed by atoms with Crippen LogP contribution in [0.15, 0.2) is 16.9 Å². The lowest BCUT2D eigenvalue weighted by Gasteiger charge is -1.98. The second kappa shape index (κ2) is 3.95. The molecular formula is C9H13NO2. The van der Waals surface area contributed by atoms with Crippen LogP contribution in [-0.2, 0) is 6.42 Å². The summed E-state index contributed by atoms with van der Waals surface area (Å²) in [5.74, 6) is -0.213. The summed E-state index contributed by atoms with van der Waals surface area (Å²) in [6.07, 6.45) is 3.02. The third-order valence-electron chi connectivity index (χ3n) is 1.75. The third kappa shape index (κ3) is 2.12. The van der Waals surface area contributed by atoms with Gasteiger partial charge in [-0.1, -0.05) is 13.3 Å². The molecule has 1 aromatic heterocycles. The van der Waals surface area contributed by atoms with E-state index in [2.05, 4.69) is 11.9 Å². The molecule has 3 heteroatoms. The first-order valence-electron chi connectivity index (χ1n) is 4.15. The molecule has 12 heavy (non-hydrogen) atoms. The van der Waals surface area contributed by atoms with Crippen molar-refractivity contribution in [2.75, 3.05) is 0 Å². The van der Waals surface area contributed by atoms with Gasteiger partial charge >= 0.3 is 0 Å².